The molecule has 2 aliphatic heterocycles. The maximum absolute atomic E-state index is 11.4. The second-order valence-corrected chi connectivity index (χ2v) is 5.41. The lowest BCUT2D eigenvalue weighted by atomic mass is 10.1. The van der Waals surface area contributed by atoms with Crippen LogP contribution < -0.4 is 0 Å². The number of hydrogen-bond donors (Lipinski definition) is 0. The SMILES string of the molecule is CC1(C)N=C(CCC2=NC(C)(C)C(=O)O2)OC1=O. The van der Waals surface area contributed by atoms with Crippen molar-refractivity contribution in [2.45, 2.75) is 51.6 Å². The molecule has 18 heavy (non-hydrogen) atoms. The summed E-state index contributed by atoms with van der Waals surface area (Å²) in [4.78, 5) is 31.1. The molecule has 0 aliphatic carbocycles. The van der Waals surface area contributed by atoms with E-state index in [4.69, 9.17) is 9.47 Å². The van der Waals surface area contributed by atoms with Crippen molar-refractivity contribution < 1.29 is 19.1 Å². The molecule has 0 amide bonds. The van der Waals surface area contributed by atoms with E-state index in [1.54, 1.807) is 27.7 Å². The number of carbonyl (C=O) groups is 2. The maximum atomic E-state index is 11.4. The fourth-order valence-electron chi connectivity index (χ4n) is 1.65. The molecule has 98 valence electrons. The van der Waals surface area contributed by atoms with Crippen LogP contribution in [0.5, 0.6) is 0 Å². The van der Waals surface area contributed by atoms with Gasteiger partial charge in [-0.25, -0.2) is 19.6 Å². The molecule has 0 fully saturated rings. The van der Waals surface area contributed by atoms with E-state index < -0.39 is 11.1 Å². The lowest BCUT2D eigenvalue weighted by Gasteiger charge is -2.05. The number of aliphatic imine (C=N–C) groups is 2. The summed E-state index contributed by atoms with van der Waals surface area (Å²) >= 11 is 0. The second kappa shape index (κ2) is 3.90. The normalized spacial score (nSPS) is 24.4. The Morgan fingerprint density at radius 3 is 1.39 bits per heavy atom. The van der Waals surface area contributed by atoms with Crippen molar-refractivity contribution in [2.75, 3.05) is 0 Å². The summed E-state index contributed by atoms with van der Waals surface area (Å²) in [7, 11) is 0. The van der Waals surface area contributed by atoms with Crippen molar-refractivity contribution in [3.8, 4) is 0 Å². The Labute approximate surface area is 105 Å². The van der Waals surface area contributed by atoms with Gasteiger partial charge in [-0.2, -0.15) is 0 Å². The second-order valence-electron chi connectivity index (χ2n) is 5.41. The minimum Gasteiger partial charge on any atom is -0.410 e. The molecule has 0 N–H and O–H groups in total. The van der Waals surface area contributed by atoms with Gasteiger partial charge in [-0.05, 0) is 27.7 Å². The summed E-state index contributed by atoms with van der Waals surface area (Å²) in [5.41, 5.74) is -1.63. The van der Waals surface area contributed by atoms with Gasteiger partial charge in [-0.3, -0.25) is 0 Å². The summed E-state index contributed by atoms with van der Waals surface area (Å²) in [5.74, 6) is 0.0216. The molecule has 0 aromatic heterocycles. The standard InChI is InChI=1S/C12H16N2O4/c1-11(2)9(15)17-7(13-11)5-6-8-14-12(3,4)10(16)18-8/h5-6H2,1-4H3. The van der Waals surface area contributed by atoms with Gasteiger partial charge in [-0.1, -0.05) is 0 Å². The Kier molecular flexibility index (Phi) is 2.76. The van der Waals surface area contributed by atoms with Gasteiger partial charge in [0.05, 0.1) is 0 Å². The van der Waals surface area contributed by atoms with Gasteiger partial charge < -0.3 is 9.47 Å². The van der Waals surface area contributed by atoms with E-state index in [-0.39, 0.29) is 11.9 Å². The lowest BCUT2D eigenvalue weighted by Crippen LogP contribution is -2.25. The van der Waals surface area contributed by atoms with Crippen LogP contribution in [0.1, 0.15) is 40.5 Å². The molecule has 6 heteroatoms. The lowest BCUT2D eigenvalue weighted by molar-refractivity contribution is -0.139. The van der Waals surface area contributed by atoms with Crippen LogP contribution in [0.25, 0.3) is 0 Å². The molecular formula is C12H16N2O4. The number of ether oxygens (including phenoxy) is 2. The highest BCUT2D eigenvalue weighted by atomic mass is 16.6. The molecule has 0 bridgehead atoms. The van der Waals surface area contributed by atoms with Gasteiger partial charge >= 0.3 is 11.9 Å². The first-order chi connectivity index (χ1) is 8.21. The first-order valence-electron chi connectivity index (χ1n) is 5.83. The zero-order valence-electron chi connectivity index (χ0n) is 10.9. The Hall–Kier alpha value is -1.72. The van der Waals surface area contributed by atoms with E-state index in [1.165, 1.54) is 0 Å². The summed E-state index contributed by atoms with van der Waals surface area (Å²) in [6.45, 7) is 6.77. The zero-order chi connectivity index (χ0) is 13.6. The van der Waals surface area contributed by atoms with Crippen molar-refractivity contribution in [1.29, 1.82) is 0 Å². The van der Waals surface area contributed by atoms with Gasteiger partial charge in [0.1, 0.15) is 0 Å². The fraction of sp³-hybridized carbons (Fsp3) is 0.667. The smallest absolute Gasteiger partial charge is 0.340 e. The van der Waals surface area contributed by atoms with E-state index >= 15 is 0 Å². The molecule has 2 aliphatic rings. The molecule has 0 atom stereocenters. The number of nitrogens with zero attached hydrogens (tertiary/aromatic N) is 2. The molecule has 0 saturated heterocycles. The zero-order valence-corrected chi connectivity index (χ0v) is 10.9. The predicted octanol–water partition coefficient (Wildman–Crippen LogP) is 1.23. The summed E-state index contributed by atoms with van der Waals surface area (Å²) in [6, 6.07) is 0. The van der Waals surface area contributed by atoms with Crippen molar-refractivity contribution in [3.05, 3.63) is 0 Å². The third kappa shape index (κ3) is 2.27. The predicted molar refractivity (Wildman–Crippen MR) is 64.4 cm³/mol. The maximum Gasteiger partial charge on any atom is 0.340 e. The highest BCUT2D eigenvalue weighted by Gasteiger charge is 2.39. The molecule has 2 rings (SSSR count). The molecule has 0 aromatic rings. The summed E-state index contributed by atoms with van der Waals surface area (Å²) in [6.07, 6.45) is 0.800. The average Bonchev–Trinajstić information content (AvgIpc) is 2.62. The summed E-state index contributed by atoms with van der Waals surface area (Å²) < 4.78 is 10.1. The molecule has 6 nitrogen and oxygen atoms in total. The van der Waals surface area contributed by atoms with E-state index in [0.29, 0.717) is 24.6 Å². The van der Waals surface area contributed by atoms with Crippen LogP contribution in [0.3, 0.4) is 0 Å². The van der Waals surface area contributed by atoms with Crippen LogP contribution >= 0.6 is 0 Å². The van der Waals surface area contributed by atoms with Crippen molar-refractivity contribution >= 4 is 23.7 Å². The van der Waals surface area contributed by atoms with Crippen molar-refractivity contribution in [2.24, 2.45) is 9.98 Å². The molecule has 0 spiro atoms. The van der Waals surface area contributed by atoms with Crippen LogP contribution in [0.15, 0.2) is 9.98 Å². The third-order valence-electron chi connectivity index (χ3n) is 2.78. The van der Waals surface area contributed by atoms with Gasteiger partial charge in [-0.15, -0.1) is 0 Å². The van der Waals surface area contributed by atoms with Gasteiger partial charge in [0, 0.05) is 12.8 Å². The highest BCUT2D eigenvalue weighted by Crippen LogP contribution is 2.23. The minimum absolute atomic E-state index is 0.358. The molecular weight excluding hydrogens is 236 g/mol. The van der Waals surface area contributed by atoms with Gasteiger partial charge in [0.2, 0.25) is 0 Å². The topological polar surface area (TPSA) is 77.3 Å². The van der Waals surface area contributed by atoms with Crippen LogP contribution in [0.4, 0.5) is 0 Å². The first-order valence-corrected chi connectivity index (χ1v) is 5.83. The number of carbonyl (C=O) groups excluding carboxylic acids is 2. The van der Waals surface area contributed by atoms with Crippen molar-refractivity contribution in [1.82, 2.24) is 0 Å². The third-order valence-corrected chi connectivity index (χ3v) is 2.78. The molecule has 0 aromatic carbocycles. The van der Waals surface area contributed by atoms with E-state index in [1.807, 2.05) is 0 Å². The largest absolute Gasteiger partial charge is 0.410 e. The Balaban J connectivity index is 1.95. The van der Waals surface area contributed by atoms with E-state index in [2.05, 4.69) is 9.98 Å². The van der Waals surface area contributed by atoms with Crippen LogP contribution in [-0.4, -0.2) is 34.8 Å². The number of hydrogen-bond acceptors (Lipinski definition) is 6. The van der Waals surface area contributed by atoms with E-state index in [9.17, 15) is 9.59 Å². The molecule has 0 radical (unpaired) electrons. The average molecular weight is 252 g/mol. The molecule has 0 saturated carbocycles. The van der Waals surface area contributed by atoms with Gasteiger partial charge in [0.25, 0.3) is 0 Å². The van der Waals surface area contributed by atoms with Crippen LogP contribution in [0, 0.1) is 0 Å². The fourth-order valence-corrected chi connectivity index (χ4v) is 1.65. The Morgan fingerprint density at radius 1 is 0.833 bits per heavy atom. The Morgan fingerprint density at radius 2 is 1.17 bits per heavy atom. The quantitative estimate of drug-likeness (QED) is 0.708. The number of esters is 2. The monoisotopic (exact) mass is 252 g/mol. The summed E-state index contributed by atoms with van der Waals surface area (Å²) in [5, 5.41) is 0. The number of rotatable bonds is 3. The molecule has 2 heterocycles. The van der Waals surface area contributed by atoms with Gasteiger partial charge in [0.15, 0.2) is 22.9 Å². The van der Waals surface area contributed by atoms with E-state index in [0.717, 1.165) is 0 Å². The highest BCUT2D eigenvalue weighted by molar-refractivity contribution is 6.03. The van der Waals surface area contributed by atoms with Crippen LogP contribution in [0.2, 0.25) is 0 Å². The number of cyclic esters (lactones) is 2. The molecule has 0 unspecified atom stereocenters. The first kappa shape index (κ1) is 12.7. The Bertz CT molecular complexity index is 430. The van der Waals surface area contributed by atoms with Crippen molar-refractivity contribution in [3.63, 3.8) is 0 Å². The minimum atomic E-state index is -0.817. The van der Waals surface area contributed by atoms with Crippen LogP contribution in [-0.2, 0) is 19.1 Å².